The molecule has 21 heavy (non-hydrogen) atoms. The Morgan fingerprint density at radius 2 is 1.81 bits per heavy atom. The van der Waals surface area contributed by atoms with Crippen LogP contribution in [0.25, 0.3) is 11.0 Å². The maximum Gasteiger partial charge on any atom is 0.192 e. The van der Waals surface area contributed by atoms with Crippen molar-refractivity contribution >= 4 is 11.0 Å². The van der Waals surface area contributed by atoms with E-state index >= 15 is 0 Å². The Morgan fingerprint density at radius 1 is 1.10 bits per heavy atom. The minimum atomic E-state index is -0.518. The summed E-state index contributed by atoms with van der Waals surface area (Å²) in [6, 6.07) is 9.11. The zero-order valence-electron chi connectivity index (χ0n) is 11.8. The zero-order chi connectivity index (χ0) is 14.2. The molecule has 3 heteroatoms. The molecule has 3 nitrogen and oxygen atoms in total. The number of para-hydroxylation sites is 1. The Labute approximate surface area is 122 Å². The molecule has 0 radical (unpaired) electrons. The Bertz CT molecular complexity index is 789. The number of aliphatic hydroxyl groups is 1. The minimum absolute atomic E-state index is 0.0379. The average molecular weight is 282 g/mol. The van der Waals surface area contributed by atoms with Crippen molar-refractivity contribution in [3.8, 4) is 0 Å². The molecule has 0 aliphatic heterocycles. The van der Waals surface area contributed by atoms with Crippen molar-refractivity contribution in [3.05, 3.63) is 46.3 Å². The molecule has 4 saturated carbocycles. The third-order valence-electron chi connectivity index (χ3n) is 6.08. The highest BCUT2D eigenvalue weighted by atomic mass is 16.3. The van der Waals surface area contributed by atoms with E-state index in [9.17, 15) is 9.90 Å². The summed E-state index contributed by atoms with van der Waals surface area (Å²) in [6.07, 6.45) is 4.78. The van der Waals surface area contributed by atoms with Gasteiger partial charge in [-0.1, -0.05) is 12.1 Å². The van der Waals surface area contributed by atoms with Crippen LogP contribution in [-0.2, 0) is 5.41 Å². The lowest BCUT2D eigenvalue weighted by molar-refractivity contribution is -0.0271. The summed E-state index contributed by atoms with van der Waals surface area (Å²) in [5, 5.41) is 11.4. The summed E-state index contributed by atoms with van der Waals surface area (Å²) in [6.45, 7) is 0. The summed E-state index contributed by atoms with van der Waals surface area (Å²) in [4.78, 5) is 12.4. The second kappa shape index (κ2) is 3.58. The first kappa shape index (κ1) is 12.0. The quantitative estimate of drug-likeness (QED) is 0.874. The zero-order valence-corrected chi connectivity index (χ0v) is 11.8. The number of fused-ring (bicyclic) bond motifs is 1. The summed E-state index contributed by atoms with van der Waals surface area (Å²) < 4.78 is 6.11. The summed E-state index contributed by atoms with van der Waals surface area (Å²) >= 11 is 0. The fourth-order valence-corrected chi connectivity index (χ4v) is 5.53. The van der Waals surface area contributed by atoms with Crippen LogP contribution in [0, 0.1) is 11.8 Å². The van der Waals surface area contributed by atoms with Gasteiger partial charge in [-0.25, -0.2) is 0 Å². The smallest absolute Gasteiger partial charge is 0.192 e. The average Bonchev–Trinajstić information content (AvgIpc) is 2.83. The van der Waals surface area contributed by atoms with Gasteiger partial charge in [0.25, 0.3) is 0 Å². The highest BCUT2D eigenvalue weighted by Gasteiger charge is 2.63. The SMILES string of the molecule is O=c1cc(C23CC4CC(O)(CC4C2)C3)oc2ccccc12. The molecule has 1 aromatic carbocycles. The van der Waals surface area contributed by atoms with Crippen LogP contribution in [0.15, 0.2) is 39.5 Å². The van der Waals surface area contributed by atoms with E-state index in [1.165, 1.54) is 0 Å². The fourth-order valence-electron chi connectivity index (χ4n) is 5.53. The third kappa shape index (κ3) is 1.50. The molecule has 1 heterocycles. The Morgan fingerprint density at radius 3 is 2.52 bits per heavy atom. The second-order valence-corrected chi connectivity index (χ2v) is 7.49. The van der Waals surface area contributed by atoms with E-state index in [4.69, 9.17) is 4.42 Å². The van der Waals surface area contributed by atoms with Crippen LogP contribution >= 0.6 is 0 Å². The van der Waals surface area contributed by atoms with E-state index in [0.29, 0.717) is 22.8 Å². The molecule has 0 spiro atoms. The van der Waals surface area contributed by atoms with Gasteiger partial charge in [0, 0.05) is 11.5 Å². The number of rotatable bonds is 1. The maximum atomic E-state index is 12.4. The van der Waals surface area contributed by atoms with Crippen molar-refractivity contribution in [2.24, 2.45) is 11.8 Å². The first-order valence-electron chi connectivity index (χ1n) is 7.83. The summed E-state index contributed by atoms with van der Waals surface area (Å²) in [5.74, 6) is 2.03. The first-order chi connectivity index (χ1) is 10.1. The molecule has 6 rings (SSSR count). The molecule has 2 atom stereocenters. The Balaban J connectivity index is 1.70. The summed E-state index contributed by atoms with van der Waals surface area (Å²) in [7, 11) is 0. The molecule has 4 aliphatic carbocycles. The molecular weight excluding hydrogens is 264 g/mol. The maximum absolute atomic E-state index is 12.4. The van der Waals surface area contributed by atoms with Crippen molar-refractivity contribution < 1.29 is 9.52 Å². The second-order valence-electron chi connectivity index (χ2n) is 7.49. The molecule has 0 saturated heterocycles. The van der Waals surface area contributed by atoms with E-state index in [0.717, 1.165) is 37.9 Å². The molecule has 2 unspecified atom stereocenters. The fraction of sp³-hybridized carbons (Fsp3) is 0.500. The van der Waals surface area contributed by atoms with Gasteiger partial charge in [-0.15, -0.1) is 0 Å². The lowest BCUT2D eigenvalue weighted by Gasteiger charge is -2.42. The molecular formula is C18H18O3. The van der Waals surface area contributed by atoms with Crippen molar-refractivity contribution in [2.45, 2.75) is 43.1 Å². The standard InChI is InChI=1S/C18H18O3/c19-14-5-16(21-15-4-2-1-3-13(14)15)17-6-11-8-18(20,10-17)9-12(11)7-17/h1-5,11-12,20H,6-10H2. The van der Waals surface area contributed by atoms with Crippen LogP contribution in [-0.4, -0.2) is 10.7 Å². The monoisotopic (exact) mass is 282 g/mol. The van der Waals surface area contributed by atoms with Gasteiger partial charge in [-0.05, 0) is 56.1 Å². The topological polar surface area (TPSA) is 50.4 Å². The van der Waals surface area contributed by atoms with Crippen molar-refractivity contribution in [1.82, 2.24) is 0 Å². The number of hydrogen-bond donors (Lipinski definition) is 1. The summed E-state index contributed by atoms with van der Waals surface area (Å²) in [5.41, 5.74) is 0.0831. The highest BCUT2D eigenvalue weighted by Crippen LogP contribution is 2.66. The number of benzene rings is 1. The van der Waals surface area contributed by atoms with Crippen LogP contribution in [0.3, 0.4) is 0 Å². The molecule has 1 N–H and O–H groups in total. The lowest BCUT2D eigenvalue weighted by atomic mass is 9.66. The van der Waals surface area contributed by atoms with E-state index in [2.05, 4.69) is 0 Å². The third-order valence-corrected chi connectivity index (χ3v) is 6.08. The molecule has 0 amide bonds. The van der Waals surface area contributed by atoms with Crippen LogP contribution in [0.4, 0.5) is 0 Å². The molecule has 4 bridgehead atoms. The first-order valence-corrected chi connectivity index (χ1v) is 7.83. The van der Waals surface area contributed by atoms with Crippen LogP contribution in [0.1, 0.15) is 37.9 Å². The van der Waals surface area contributed by atoms with Crippen LogP contribution in [0.2, 0.25) is 0 Å². The van der Waals surface area contributed by atoms with E-state index in [1.54, 1.807) is 6.07 Å². The Kier molecular flexibility index (Phi) is 2.05. The Hall–Kier alpha value is -1.61. The van der Waals surface area contributed by atoms with Gasteiger partial charge in [-0.2, -0.15) is 0 Å². The van der Waals surface area contributed by atoms with E-state index in [-0.39, 0.29) is 10.8 Å². The van der Waals surface area contributed by atoms with E-state index < -0.39 is 5.60 Å². The van der Waals surface area contributed by atoms with Gasteiger partial charge < -0.3 is 9.52 Å². The highest BCUT2D eigenvalue weighted by molar-refractivity contribution is 5.76. The van der Waals surface area contributed by atoms with Gasteiger partial charge in [0.15, 0.2) is 5.43 Å². The van der Waals surface area contributed by atoms with Gasteiger partial charge in [0.1, 0.15) is 11.3 Å². The molecule has 4 aliphatic rings. The lowest BCUT2D eigenvalue weighted by Crippen LogP contribution is -2.43. The van der Waals surface area contributed by atoms with Crippen LogP contribution in [0.5, 0.6) is 0 Å². The molecule has 108 valence electrons. The van der Waals surface area contributed by atoms with Gasteiger partial charge in [0.05, 0.1) is 11.0 Å². The predicted molar refractivity (Wildman–Crippen MR) is 79.2 cm³/mol. The van der Waals surface area contributed by atoms with E-state index in [1.807, 2.05) is 24.3 Å². The predicted octanol–water partition coefficient (Wildman–Crippen LogP) is 2.99. The normalized spacial score (nSPS) is 40.2. The van der Waals surface area contributed by atoms with Crippen LogP contribution < -0.4 is 5.43 Å². The number of hydrogen-bond acceptors (Lipinski definition) is 3. The molecule has 4 fully saturated rings. The van der Waals surface area contributed by atoms with Gasteiger partial charge >= 0.3 is 0 Å². The van der Waals surface area contributed by atoms with Gasteiger partial charge in [0.2, 0.25) is 0 Å². The minimum Gasteiger partial charge on any atom is -0.460 e. The van der Waals surface area contributed by atoms with Gasteiger partial charge in [-0.3, -0.25) is 4.79 Å². The largest absolute Gasteiger partial charge is 0.460 e. The van der Waals surface area contributed by atoms with Crippen molar-refractivity contribution in [2.75, 3.05) is 0 Å². The molecule has 1 aromatic heterocycles. The van der Waals surface area contributed by atoms with Crippen molar-refractivity contribution in [1.29, 1.82) is 0 Å². The molecule has 2 aromatic rings. The van der Waals surface area contributed by atoms with Crippen molar-refractivity contribution in [3.63, 3.8) is 0 Å².